The van der Waals surface area contributed by atoms with E-state index < -0.39 is 18.5 Å². The maximum Gasteiger partial charge on any atom is 0.357 e. The summed E-state index contributed by atoms with van der Waals surface area (Å²) >= 11 is 9.13. The van der Waals surface area contributed by atoms with E-state index in [4.69, 9.17) is 16.3 Å². The number of pyridine rings is 1. The average molecular weight is 384 g/mol. The number of rotatable bonds is 4. The molecule has 0 radical (unpaired) electrons. The second-order valence-corrected chi connectivity index (χ2v) is 5.74. The summed E-state index contributed by atoms with van der Waals surface area (Å²) in [5.41, 5.74) is 1.67. The Labute approximate surface area is 140 Å². The lowest BCUT2D eigenvalue weighted by atomic mass is 10.2. The number of benzene rings is 1. The largest absolute Gasteiger partial charge is 0.451 e. The van der Waals surface area contributed by atoms with Gasteiger partial charge in [0.05, 0.1) is 0 Å². The van der Waals surface area contributed by atoms with E-state index in [1.54, 1.807) is 12.1 Å². The molecule has 0 bridgehead atoms. The number of hydrogen-bond acceptors (Lipinski definition) is 4. The van der Waals surface area contributed by atoms with Crippen molar-refractivity contribution in [2.24, 2.45) is 0 Å². The molecule has 0 saturated carbocycles. The van der Waals surface area contributed by atoms with Crippen LogP contribution in [0.15, 0.2) is 41.0 Å². The van der Waals surface area contributed by atoms with Crippen molar-refractivity contribution in [2.75, 3.05) is 11.9 Å². The topological polar surface area (TPSA) is 68.3 Å². The van der Waals surface area contributed by atoms with Crippen molar-refractivity contribution < 1.29 is 14.3 Å². The van der Waals surface area contributed by atoms with Crippen LogP contribution in [0.1, 0.15) is 16.1 Å². The molecule has 0 fully saturated rings. The van der Waals surface area contributed by atoms with Crippen LogP contribution in [-0.2, 0) is 9.53 Å². The van der Waals surface area contributed by atoms with E-state index in [9.17, 15) is 9.59 Å². The van der Waals surface area contributed by atoms with Crippen molar-refractivity contribution in [3.8, 4) is 0 Å². The number of aromatic nitrogens is 1. The highest BCUT2D eigenvalue weighted by molar-refractivity contribution is 9.10. The van der Waals surface area contributed by atoms with E-state index in [-0.39, 0.29) is 5.69 Å². The highest BCUT2D eigenvalue weighted by Crippen LogP contribution is 2.19. The number of nitrogens with one attached hydrogen (secondary N) is 1. The van der Waals surface area contributed by atoms with Gasteiger partial charge in [0.2, 0.25) is 0 Å². The van der Waals surface area contributed by atoms with Crippen LogP contribution in [0.25, 0.3) is 0 Å². The smallest absolute Gasteiger partial charge is 0.357 e. The van der Waals surface area contributed by atoms with Crippen LogP contribution in [-0.4, -0.2) is 23.5 Å². The summed E-state index contributed by atoms with van der Waals surface area (Å²) in [5, 5.41) is 3.02. The standard InChI is InChI=1S/C15H12BrClN2O3/c1-9-6-11(2-3-12(9)16)19-14(20)8-22-15(21)13-7-10(17)4-5-18-13/h2-7H,8H2,1H3,(H,19,20). The zero-order valence-electron chi connectivity index (χ0n) is 11.6. The summed E-state index contributed by atoms with van der Waals surface area (Å²) < 4.78 is 5.84. The molecule has 2 aromatic rings. The fourth-order valence-corrected chi connectivity index (χ4v) is 2.05. The molecule has 5 nitrogen and oxygen atoms in total. The third-order valence-electron chi connectivity index (χ3n) is 2.71. The van der Waals surface area contributed by atoms with Crippen LogP contribution in [0, 0.1) is 6.92 Å². The first-order chi connectivity index (χ1) is 10.5. The number of nitrogens with zero attached hydrogens (tertiary/aromatic N) is 1. The number of anilines is 1. The van der Waals surface area contributed by atoms with E-state index in [0.29, 0.717) is 10.7 Å². The fourth-order valence-electron chi connectivity index (χ4n) is 1.64. The van der Waals surface area contributed by atoms with Gasteiger partial charge >= 0.3 is 5.97 Å². The molecule has 0 saturated heterocycles. The van der Waals surface area contributed by atoms with Gasteiger partial charge < -0.3 is 10.1 Å². The number of hydrogen-bond donors (Lipinski definition) is 1. The first kappa shape index (κ1) is 16.5. The quantitative estimate of drug-likeness (QED) is 0.819. The molecule has 1 amide bonds. The third kappa shape index (κ3) is 4.54. The summed E-state index contributed by atoms with van der Waals surface area (Å²) in [6.07, 6.45) is 1.39. The lowest BCUT2D eigenvalue weighted by molar-refractivity contribution is -0.119. The van der Waals surface area contributed by atoms with E-state index in [0.717, 1.165) is 10.0 Å². The number of aryl methyl sites for hydroxylation is 1. The average Bonchev–Trinajstić information content (AvgIpc) is 2.48. The Morgan fingerprint density at radius 3 is 2.77 bits per heavy atom. The molecule has 1 N–H and O–H groups in total. The minimum Gasteiger partial charge on any atom is -0.451 e. The van der Waals surface area contributed by atoms with Gasteiger partial charge in [0.1, 0.15) is 5.69 Å². The van der Waals surface area contributed by atoms with Crippen LogP contribution in [0.5, 0.6) is 0 Å². The predicted octanol–water partition coefficient (Wildman–Crippen LogP) is 3.60. The molecule has 0 aliphatic heterocycles. The molecule has 0 spiro atoms. The highest BCUT2D eigenvalue weighted by Gasteiger charge is 2.12. The van der Waals surface area contributed by atoms with Crippen molar-refractivity contribution >= 4 is 45.1 Å². The van der Waals surface area contributed by atoms with Crippen LogP contribution < -0.4 is 5.32 Å². The van der Waals surface area contributed by atoms with Gasteiger partial charge in [-0.25, -0.2) is 9.78 Å². The summed E-state index contributed by atoms with van der Waals surface area (Å²) in [5.74, 6) is -1.14. The number of carbonyl (C=O) groups is 2. The van der Waals surface area contributed by atoms with Gasteiger partial charge in [0.25, 0.3) is 5.91 Å². The van der Waals surface area contributed by atoms with E-state index >= 15 is 0 Å². The normalized spacial score (nSPS) is 10.1. The Kier molecular flexibility index (Phi) is 5.51. The van der Waals surface area contributed by atoms with Crippen LogP contribution in [0.3, 0.4) is 0 Å². The van der Waals surface area contributed by atoms with Gasteiger partial charge in [-0.05, 0) is 42.8 Å². The molecular formula is C15H12BrClN2O3. The molecule has 22 heavy (non-hydrogen) atoms. The summed E-state index contributed by atoms with van der Waals surface area (Å²) in [6.45, 7) is 1.51. The second kappa shape index (κ2) is 7.38. The highest BCUT2D eigenvalue weighted by atomic mass is 79.9. The Morgan fingerprint density at radius 2 is 2.09 bits per heavy atom. The first-order valence-corrected chi connectivity index (χ1v) is 7.47. The molecule has 0 unspecified atom stereocenters. The number of ether oxygens (including phenoxy) is 1. The molecule has 1 aromatic heterocycles. The monoisotopic (exact) mass is 382 g/mol. The van der Waals surface area contributed by atoms with Gasteiger partial charge in [-0.1, -0.05) is 27.5 Å². The Balaban J connectivity index is 1.90. The summed E-state index contributed by atoms with van der Waals surface area (Å²) in [7, 11) is 0. The van der Waals surface area contributed by atoms with Gasteiger partial charge in [-0.2, -0.15) is 0 Å². The molecule has 7 heteroatoms. The van der Waals surface area contributed by atoms with Crippen molar-refractivity contribution in [3.63, 3.8) is 0 Å². The van der Waals surface area contributed by atoms with Crippen molar-refractivity contribution in [2.45, 2.75) is 6.92 Å². The van der Waals surface area contributed by atoms with Crippen LogP contribution >= 0.6 is 27.5 Å². The van der Waals surface area contributed by atoms with Crippen molar-refractivity contribution in [1.29, 1.82) is 0 Å². The lowest BCUT2D eigenvalue weighted by Crippen LogP contribution is -2.21. The van der Waals surface area contributed by atoms with Crippen LogP contribution in [0.4, 0.5) is 5.69 Å². The molecule has 1 aromatic carbocycles. The molecule has 114 valence electrons. The number of halogens is 2. The SMILES string of the molecule is Cc1cc(NC(=O)COC(=O)c2cc(Cl)ccn2)ccc1Br. The van der Waals surface area contributed by atoms with E-state index in [1.807, 2.05) is 19.1 Å². The molecule has 0 atom stereocenters. The lowest BCUT2D eigenvalue weighted by Gasteiger charge is -2.08. The van der Waals surface area contributed by atoms with E-state index in [2.05, 4.69) is 26.2 Å². The zero-order valence-corrected chi connectivity index (χ0v) is 13.9. The van der Waals surface area contributed by atoms with Gasteiger partial charge in [0.15, 0.2) is 6.61 Å². The zero-order chi connectivity index (χ0) is 16.1. The Bertz CT molecular complexity index is 722. The first-order valence-electron chi connectivity index (χ1n) is 6.30. The predicted molar refractivity (Wildman–Crippen MR) is 87.0 cm³/mol. The Hall–Kier alpha value is -1.92. The number of esters is 1. The van der Waals surface area contributed by atoms with Gasteiger partial charge in [-0.3, -0.25) is 4.79 Å². The minimum atomic E-state index is -0.704. The maximum absolute atomic E-state index is 11.8. The fraction of sp³-hybridized carbons (Fsp3) is 0.133. The summed E-state index contributed by atoms with van der Waals surface area (Å²) in [4.78, 5) is 27.3. The summed E-state index contributed by atoms with van der Waals surface area (Å²) in [6, 6.07) is 8.30. The number of amides is 1. The molecule has 0 aliphatic rings. The van der Waals surface area contributed by atoms with Crippen molar-refractivity contribution in [3.05, 3.63) is 57.3 Å². The second-order valence-electron chi connectivity index (χ2n) is 4.45. The number of carbonyl (C=O) groups excluding carboxylic acids is 2. The molecule has 1 heterocycles. The molecule has 2 rings (SSSR count). The Morgan fingerprint density at radius 1 is 1.32 bits per heavy atom. The maximum atomic E-state index is 11.8. The third-order valence-corrected chi connectivity index (χ3v) is 3.83. The van der Waals surface area contributed by atoms with Crippen LogP contribution in [0.2, 0.25) is 5.02 Å². The van der Waals surface area contributed by atoms with Gasteiger partial charge in [-0.15, -0.1) is 0 Å². The molecular weight excluding hydrogens is 372 g/mol. The minimum absolute atomic E-state index is 0.0554. The van der Waals surface area contributed by atoms with E-state index in [1.165, 1.54) is 12.3 Å². The van der Waals surface area contributed by atoms with Gasteiger partial charge in [0, 0.05) is 21.4 Å². The molecule has 0 aliphatic carbocycles. The van der Waals surface area contributed by atoms with Crippen molar-refractivity contribution in [1.82, 2.24) is 4.98 Å².